The van der Waals surface area contributed by atoms with Gasteiger partial charge in [-0.1, -0.05) is 11.6 Å². The summed E-state index contributed by atoms with van der Waals surface area (Å²) in [5.41, 5.74) is -1.57. The quantitative estimate of drug-likeness (QED) is 0.642. The number of hydrogen-bond acceptors (Lipinski definition) is 3. The fourth-order valence-corrected chi connectivity index (χ4v) is 4.14. The smallest absolute Gasteiger partial charge is 0.416 e. The van der Waals surface area contributed by atoms with E-state index in [-0.39, 0.29) is 16.3 Å². The van der Waals surface area contributed by atoms with Crippen LogP contribution in [0.25, 0.3) is 0 Å². The lowest BCUT2D eigenvalue weighted by Crippen LogP contribution is -2.33. The molecule has 1 N–H and O–H groups in total. The Labute approximate surface area is 163 Å². The van der Waals surface area contributed by atoms with Gasteiger partial charge in [-0.15, -0.1) is 0 Å². The molecule has 2 aromatic rings. The molecule has 5 nitrogen and oxygen atoms in total. The van der Waals surface area contributed by atoms with E-state index in [2.05, 4.69) is 0 Å². The van der Waals surface area contributed by atoms with Gasteiger partial charge in [-0.2, -0.15) is 13.2 Å². The van der Waals surface area contributed by atoms with Crippen molar-refractivity contribution in [3.63, 3.8) is 0 Å². The predicted octanol–water partition coefficient (Wildman–Crippen LogP) is 4.56. The van der Waals surface area contributed by atoms with E-state index in [0.717, 1.165) is 30.3 Å². The van der Waals surface area contributed by atoms with Crippen LogP contribution in [0.2, 0.25) is 5.02 Å². The van der Waals surface area contributed by atoms with Crippen molar-refractivity contribution in [2.75, 3.05) is 10.8 Å². The average Bonchev–Trinajstić information content (AvgIpc) is 2.58. The second-order valence-corrected chi connectivity index (χ2v) is 7.96. The maximum Gasteiger partial charge on any atom is 0.416 e. The average molecular weight is 440 g/mol. The van der Waals surface area contributed by atoms with E-state index in [1.54, 1.807) is 0 Å². The number of rotatable bonds is 7. The fourth-order valence-electron chi connectivity index (χ4n) is 2.36. The first kappa shape index (κ1) is 22.0. The van der Waals surface area contributed by atoms with E-state index >= 15 is 0 Å². The number of hydrogen-bond donors (Lipinski definition) is 1. The molecule has 0 fully saturated rings. The van der Waals surface area contributed by atoms with Crippen molar-refractivity contribution in [1.82, 2.24) is 0 Å². The molecular weight excluding hydrogens is 426 g/mol. The number of benzene rings is 2. The number of carboxylic acid groups (broad SMARTS) is 1. The van der Waals surface area contributed by atoms with Crippen LogP contribution in [0.15, 0.2) is 47.4 Å². The molecule has 0 aliphatic heterocycles. The number of aliphatic carboxylic acids is 1. The molecule has 28 heavy (non-hydrogen) atoms. The number of sulfonamides is 1. The fraction of sp³-hybridized carbons (Fsp3) is 0.235. The van der Waals surface area contributed by atoms with Crippen LogP contribution >= 0.6 is 11.6 Å². The van der Waals surface area contributed by atoms with Crippen molar-refractivity contribution >= 4 is 33.3 Å². The Morgan fingerprint density at radius 2 is 1.71 bits per heavy atom. The van der Waals surface area contributed by atoms with Gasteiger partial charge in [0, 0.05) is 13.0 Å². The summed E-state index contributed by atoms with van der Waals surface area (Å²) in [6.07, 6.45) is -5.33. The van der Waals surface area contributed by atoms with Crippen LogP contribution in [-0.2, 0) is 21.0 Å². The van der Waals surface area contributed by atoms with Crippen molar-refractivity contribution in [3.05, 3.63) is 58.9 Å². The number of alkyl halides is 3. The maximum absolute atomic E-state index is 13.1. The Morgan fingerprint density at radius 1 is 1.11 bits per heavy atom. The normalized spacial score (nSPS) is 12.0. The van der Waals surface area contributed by atoms with Crippen LogP contribution in [0.3, 0.4) is 0 Å². The first-order chi connectivity index (χ1) is 12.9. The van der Waals surface area contributed by atoms with Crippen LogP contribution in [0.1, 0.15) is 18.4 Å². The van der Waals surface area contributed by atoms with Gasteiger partial charge < -0.3 is 5.11 Å². The summed E-state index contributed by atoms with van der Waals surface area (Å²) in [7, 11) is -4.43. The first-order valence-electron chi connectivity index (χ1n) is 7.80. The molecule has 0 spiro atoms. The lowest BCUT2D eigenvalue weighted by Gasteiger charge is -2.26. The number of nitrogens with zero attached hydrogens (tertiary/aromatic N) is 1. The lowest BCUT2D eigenvalue weighted by atomic mass is 10.2. The van der Waals surface area contributed by atoms with Crippen molar-refractivity contribution in [1.29, 1.82) is 0 Å². The largest absolute Gasteiger partial charge is 0.481 e. The van der Waals surface area contributed by atoms with Crippen molar-refractivity contribution in [2.24, 2.45) is 0 Å². The van der Waals surface area contributed by atoms with Crippen LogP contribution < -0.4 is 4.31 Å². The van der Waals surface area contributed by atoms with Gasteiger partial charge in [0.1, 0.15) is 5.82 Å². The minimum atomic E-state index is -4.74. The molecule has 0 saturated heterocycles. The maximum atomic E-state index is 13.1. The van der Waals surface area contributed by atoms with Gasteiger partial charge in [0.05, 0.1) is 21.2 Å². The number of carboxylic acids is 1. The predicted molar refractivity (Wildman–Crippen MR) is 94.3 cm³/mol. The van der Waals surface area contributed by atoms with Gasteiger partial charge >= 0.3 is 12.1 Å². The zero-order valence-electron chi connectivity index (χ0n) is 14.1. The highest BCUT2D eigenvalue weighted by Gasteiger charge is 2.33. The second-order valence-electron chi connectivity index (χ2n) is 5.69. The Morgan fingerprint density at radius 3 is 2.25 bits per heavy atom. The highest BCUT2D eigenvalue weighted by atomic mass is 35.5. The van der Waals surface area contributed by atoms with E-state index in [0.29, 0.717) is 16.4 Å². The molecule has 2 rings (SSSR count). The highest BCUT2D eigenvalue weighted by Crippen LogP contribution is 2.37. The zero-order chi connectivity index (χ0) is 21.1. The molecular formula is C17H14ClF4NO4S. The number of carbonyl (C=O) groups is 1. The Hall–Kier alpha value is -2.33. The number of halogens is 5. The Kier molecular flexibility index (Phi) is 6.56. The third-order valence-electron chi connectivity index (χ3n) is 3.70. The molecule has 0 heterocycles. The van der Waals surface area contributed by atoms with Crippen LogP contribution in [0, 0.1) is 5.82 Å². The monoisotopic (exact) mass is 439 g/mol. The van der Waals surface area contributed by atoms with E-state index in [4.69, 9.17) is 16.7 Å². The standard InChI is InChI=1S/C17H14ClF4NO4S/c18-14-8-3-11(17(20,21)22)10-15(14)23(9-1-2-16(24)25)28(26,27)13-6-4-12(19)5-7-13/h3-8,10H,1-2,9H2,(H,24,25). The molecule has 2 aromatic carbocycles. The number of anilines is 1. The van der Waals surface area contributed by atoms with E-state index in [9.17, 15) is 30.8 Å². The third kappa shape index (κ3) is 5.14. The van der Waals surface area contributed by atoms with Crippen molar-refractivity contribution in [3.8, 4) is 0 Å². The molecule has 0 aliphatic carbocycles. The van der Waals surface area contributed by atoms with Crippen LogP contribution in [0.5, 0.6) is 0 Å². The van der Waals surface area contributed by atoms with Crippen molar-refractivity contribution in [2.45, 2.75) is 23.9 Å². The first-order valence-corrected chi connectivity index (χ1v) is 9.61. The Balaban J connectivity index is 2.56. The SMILES string of the molecule is O=C(O)CCCN(c1cc(C(F)(F)F)ccc1Cl)S(=O)(=O)c1ccc(F)cc1. The molecule has 0 aromatic heterocycles. The highest BCUT2D eigenvalue weighted by molar-refractivity contribution is 7.92. The molecule has 0 aliphatic rings. The summed E-state index contributed by atoms with van der Waals surface area (Å²) in [5.74, 6) is -1.90. The van der Waals surface area contributed by atoms with E-state index in [1.165, 1.54) is 0 Å². The molecule has 0 radical (unpaired) electrons. The lowest BCUT2D eigenvalue weighted by molar-refractivity contribution is -0.138. The topological polar surface area (TPSA) is 74.7 Å². The molecule has 0 atom stereocenters. The minimum absolute atomic E-state index is 0.178. The molecule has 152 valence electrons. The van der Waals surface area contributed by atoms with Crippen molar-refractivity contribution < 1.29 is 35.9 Å². The minimum Gasteiger partial charge on any atom is -0.481 e. The molecule has 0 saturated carbocycles. The summed E-state index contributed by atoms with van der Waals surface area (Å²) < 4.78 is 78.8. The summed E-state index contributed by atoms with van der Waals surface area (Å²) in [6.45, 7) is -0.437. The van der Waals surface area contributed by atoms with Gasteiger partial charge in [0.2, 0.25) is 0 Å². The van der Waals surface area contributed by atoms with E-state index in [1.807, 2.05) is 0 Å². The van der Waals surface area contributed by atoms with Gasteiger partial charge in [-0.3, -0.25) is 9.10 Å². The summed E-state index contributed by atoms with van der Waals surface area (Å²) in [5, 5.41) is 8.50. The van der Waals surface area contributed by atoms with Crippen LogP contribution in [0.4, 0.5) is 23.2 Å². The van der Waals surface area contributed by atoms with Gasteiger partial charge in [0.15, 0.2) is 0 Å². The summed E-state index contributed by atoms with van der Waals surface area (Å²) in [6, 6.07) is 5.86. The molecule has 0 unspecified atom stereocenters. The van der Waals surface area contributed by atoms with Crippen LogP contribution in [-0.4, -0.2) is 26.0 Å². The molecule has 0 bridgehead atoms. The van der Waals surface area contributed by atoms with Gasteiger partial charge in [-0.05, 0) is 48.9 Å². The third-order valence-corrected chi connectivity index (χ3v) is 5.84. The molecule has 0 amide bonds. The van der Waals surface area contributed by atoms with Gasteiger partial charge in [0.25, 0.3) is 10.0 Å². The summed E-state index contributed by atoms with van der Waals surface area (Å²) >= 11 is 5.95. The summed E-state index contributed by atoms with van der Waals surface area (Å²) in [4.78, 5) is 10.4. The van der Waals surface area contributed by atoms with E-state index < -0.39 is 52.2 Å². The second kappa shape index (κ2) is 8.36. The molecule has 11 heteroatoms. The van der Waals surface area contributed by atoms with Gasteiger partial charge in [-0.25, -0.2) is 12.8 Å². The zero-order valence-corrected chi connectivity index (χ0v) is 15.7. The Bertz CT molecular complexity index is 962.